The number of benzene rings is 2. The number of hydrogen-bond donors (Lipinski definition) is 2. The molecule has 5 nitrogen and oxygen atoms in total. The summed E-state index contributed by atoms with van der Waals surface area (Å²) in [5.74, 6) is -0.457. The Hall–Kier alpha value is -3.21. The van der Waals surface area contributed by atoms with Crippen molar-refractivity contribution in [1.29, 1.82) is 0 Å². The quantitative estimate of drug-likeness (QED) is 0.668. The van der Waals surface area contributed by atoms with Gasteiger partial charge in [0, 0.05) is 6.08 Å². The number of nitrogen functional groups attached to an aromatic ring is 1. The van der Waals surface area contributed by atoms with Gasteiger partial charge in [-0.3, -0.25) is 0 Å². The van der Waals surface area contributed by atoms with E-state index in [9.17, 15) is 4.79 Å². The summed E-state index contributed by atoms with van der Waals surface area (Å²) in [4.78, 5) is 17.7. The van der Waals surface area contributed by atoms with E-state index in [2.05, 4.69) is 67.6 Å². The highest BCUT2D eigenvalue weighted by Crippen LogP contribution is 2.33. The molecule has 26 heavy (non-hydrogen) atoms. The molecule has 0 aliphatic heterocycles. The third-order valence-corrected chi connectivity index (χ3v) is 3.91. The van der Waals surface area contributed by atoms with Gasteiger partial charge in [0.15, 0.2) is 0 Å². The van der Waals surface area contributed by atoms with Crippen molar-refractivity contribution in [2.24, 2.45) is 0 Å². The lowest BCUT2D eigenvalue weighted by Gasteiger charge is -2.20. The van der Waals surface area contributed by atoms with Crippen LogP contribution in [0.15, 0.2) is 61.4 Å². The van der Waals surface area contributed by atoms with Crippen LogP contribution in [0, 0.1) is 0 Å². The van der Waals surface area contributed by atoms with E-state index in [1.54, 1.807) is 0 Å². The molecule has 0 unspecified atom stereocenters. The van der Waals surface area contributed by atoms with E-state index in [1.807, 2.05) is 12.1 Å². The van der Waals surface area contributed by atoms with Crippen LogP contribution in [-0.2, 0) is 10.2 Å². The van der Waals surface area contributed by atoms with Gasteiger partial charge in [0.05, 0.1) is 10.9 Å². The van der Waals surface area contributed by atoms with E-state index in [0.29, 0.717) is 5.82 Å². The molecule has 0 aliphatic rings. The largest absolute Gasteiger partial charge is 0.478 e. The molecule has 3 N–H and O–H groups in total. The highest BCUT2D eigenvalue weighted by Gasteiger charge is 2.15. The molecular formula is C21H23N3O2. The molecule has 0 spiro atoms. The maximum atomic E-state index is 9.25. The Balaban J connectivity index is 0.000000431. The summed E-state index contributed by atoms with van der Waals surface area (Å²) < 4.78 is 0. The molecule has 0 bridgehead atoms. The number of anilines is 1. The molecule has 134 valence electrons. The first kappa shape index (κ1) is 19.1. The summed E-state index contributed by atoms with van der Waals surface area (Å²) >= 11 is 0. The minimum Gasteiger partial charge on any atom is -0.478 e. The molecule has 0 radical (unpaired) electrons. The number of nitrogens with zero attached hydrogens (tertiary/aromatic N) is 2. The van der Waals surface area contributed by atoms with Gasteiger partial charge in [-0.15, -0.1) is 0 Å². The molecule has 0 saturated carbocycles. The van der Waals surface area contributed by atoms with Crippen LogP contribution < -0.4 is 5.73 Å². The molecule has 2 aromatic carbocycles. The topological polar surface area (TPSA) is 89.1 Å². The maximum absolute atomic E-state index is 9.25. The average molecular weight is 349 g/mol. The molecule has 1 heterocycles. The maximum Gasteiger partial charge on any atom is 0.327 e. The van der Waals surface area contributed by atoms with Gasteiger partial charge in [0.1, 0.15) is 12.1 Å². The number of aromatic nitrogens is 2. The normalized spacial score (nSPS) is 10.7. The van der Waals surface area contributed by atoms with Crippen LogP contribution in [0.4, 0.5) is 5.82 Å². The Bertz CT molecular complexity index is 938. The van der Waals surface area contributed by atoms with Crippen LogP contribution in [0.25, 0.3) is 22.0 Å². The zero-order valence-electron chi connectivity index (χ0n) is 15.2. The van der Waals surface area contributed by atoms with E-state index < -0.39 is 5.97 Å². The Kier molecular flexibility index (Phi) is 5.72. The lowest BCUT2D eigenvalue weighted by Crippen LogP contribution is -2.10. The highest BCUT2D eigenvalue weighted by molar-refractivity contribution is 6.00. The standard InChI is InChI=1S/C18H19N3.C3H4O2/c1-18(2,3)13-7-4-6-12(10-13)14-8-5-9-15-16(14)17(19)21-11-20-15;1-2-3(4)5/h4-11H,1-3H3,(H2,19,20,21);2H,1H2,(H,4,5). The fraction of sp³-hybridized carbons (Fsp3) is 0.190. The summed E-state index contributed by atoms with van der Waals surface area (Å²) in [6.07, 6.45) is 2.34. The predicted octanol–water partition coefficient (Wildman–Crippen LogP) is 4.43. The van der Waals surface area contributed by atoms with Crippen LogP contribution in [0.5, 0.6) is 0 Å². The van der Waals surface area contributed by atoms with Crippen LogP contribution in [0.2, 0.25) is 0 Å². The molecule has 0 aliphatic carbocycles. The first-order valence-corrected chi connectivity index (χ1v) is 8.19. The Morgan fingerprint density at radius 1 is 1.15 bits per heavy atom. The van der Waals surface area contributed by atoms with Crippen molar-refractivity contribution >= 4 is 22.7 Å². The molecular weight excluding hydrogens is 326 g/mol. The Labute approximate surface area is 153 Å². The smallest absolute Gasteiger partial charge is 0.327 e. The van der Waals surface area contributed by atoms with Gasteiger partial charge < -0.3 is 10.8 Å². The zero-order valence-corrected chi connectivity index (χ0v) is 15.2. The van der Waals surface area contributed by atoms with E-state index in [0.717, 1.165) is 28.1 Å². The molecule has 3 aromatic rings. The molecule has 1 aromatic heterocycles. The Morgan fingerprint density at radius 3 is 2.42 bits per heavy atom. The van der Waals surface area contributed by atoms with Gasteiger partial charge in [-0.1, -0.05) is 63.7 Å². The first-order chi connectivity index (χ1) is 12.2. The molecule has 0 atom stereocenters. The van der Waals surface area contributed by atoms with Crippen molar-refractivity contribution in [3.63, 3.8) is 0 Å². The minimum atomic E-state index is -0.981. The number of carboxylic acids is 1. The van der Waals surface area contributed by atoms with Gasteiger partial charge in [-0.05, 0) is 28.2 Å². The third-order valence-electron chi connectivity index (χ3n) is 3.91. The number of aliphatic carboxylic acids is 1. The van der Waals surface area contributed by atoms with Gasteiger partial charge in [-0.2, -0.15) is 0 Å². The summed E-state index contributed by atoms with van der Waals surface area (Å²) in [7, 11) is 0. The average Bonchev–Trinajstić information content (AvgIpc) is 2.61. The molecule has 5 heteroatoms. The lowest BCUT2D eigenvalue weighted by atomic mass is 9.85. The van der Waals surface area contributed by atoms with Gasteiger partial charge >= 0.3 is 5.97 Å². The highest BCUT2D eigenvalue weighted by atomic mass is 16.4. The number of fused-ring (bicyclic) bond motifs is 1. The number of nitrogens with two attached hydrogens (primary N) is 1. The lowest BCUT2D eigenvalue weighted by molar-refractivity contribution is -0.131. The van der Waals surface area contributed by atoms with Crippen molar-refractivity contribution in [2.45, 2.75) is 26.2 Å². The van der Waals surface area contributed by atoms with Gasteiger partial charge in [0.25, 0.3) is 0 Å². The van der Waals surface area contributed by atoms with Crippen LogP contribution in [0.1, 0.15) is 26.3 Å². The van der Waals surface area contributed by atoms with Gasteiger partial charge in [0.2, 0.25) is 0 Å². The van der Waals surface area contributed by atoms with E-state index in [4.69, 9.17) is 10.8 Å². The second-order valence-electron chi connectivity index (χ2n) is 6.83. The fourth-order valence-corrected chi connectivity index (χ4v) is 2.53. The molecule has 0 saturated heterocycles. The van der Waals surface area contributed by atoms with Crippen molar-refractivity contribution in [1.82, 2.24) is 9.97 Å². The minimum absolute atomic E-state index is 0.114. The molecule has 0 amide bonds. The van der Waals surface area contributed by atoms with Crippen LogP contribution >= 0.6 is 0 Å². The number of hydrogen-bond acceptors (Lipinski definition) is 4. The summed E-state index contributed by atoms with van der Waals surface area (Å²) in [6.45, 7) is 9.61. The van der Waals surface area contributed by atoms with Crippen molar-refractivity contribution in [3.05, 3.63) is 67.0 Å². The van der Waals surface area contributed by atoms with Crippen molar-refractivity contribution in [2.75, 3.05) is 5.73 Å². The van der Waals surface area contributed by atoms with E-state index in [1.165, 1.54) is 11.9 Å². The second kappa shape index (κ2) is 7.78. The summed E-state index contributed by atoms with van der Waals surface area (Å²) in [5.41, 5.74) is 10.6. The van der Waals surface area contributed by atoms with E-state index in [-0.39, 0.29) is 5.41 Å². The van der Waals surface area contributed by atoms with Crippen LogP contribution in [0.3, 0.4) is 0 Å². The fourth-order valence-electron chi connectivity index (χ4n) is 2.53. The third kappa shape index (κ3) is 4.45. The molecule has 0 fully saturated rings. The van der Waals surface area contributed by atoms with Crippen molar-refractivity contribution in [3.8, 4) is 11.1 Å². The second-order valence-corrected chi connectivity index (χ2v) is 6.83. The SMILES string of the molecule is C=CC(=O)O.CC(C)(C)c1cccc(-c2cccc3ncnc(N)c23)c1. The number of carbonyl (C=O) groups is 1. The van der Waals surface area contributed by atoms with Crippen LogP contribution in [-0.4, -0.2) is 21.0 Å². The number of rotatable bonds is 2. The monoisotopic (exact) mass is 349 g/mol. The van der Waals surface area contributed by atoms with E-state index >= 15 is 0 Å². The van der Waals surface area contributed by atoms with Crippen molar-refractivity contribution < 1.29 is 9.90 Å². The summed E-state index contributed by atoms with van der Waals surface area (Å²) in [6, 6.07) is 14.6. The zero-order chi connectivity index (χ0) is 19.3. The molecule has 3 rings (SSSR count). The first-order valence-electron chi connectivity index (χ1n) is 8.19. The number of carboxylic acid groups (broad SMARTS) is 1. The summed E-state index contributed by atoms with van der Waals surface area (Å²) in [5, 5.41) is 8.53. The van der Waals surface area contributed by atoms with Gasteiger partial charge in [-0.25, -0.2) is 14.8 Å². The Morgan fingerprint density at radius 2 is 1.81 bits per heavy atom. The predicted molar refractivity (Wildman–Crippen MR) is 106 cm³/mol.